The molecule has 1 heterocycles. The van der Waals surface area contributed by atoms with E-state index in [0.29, 0.717) is 11.1 Å². The fraction of sp³-hybridized carbons (Fsp3) is 0.529. The van der Waals surface area contributed by atoms with Gasteiger partial charge in [0.15, 0.2) is 5.78 Å². The van der Waals surface area contributed by atoms with E-state index in [1.54, 1.807) is 24.3 Å². The van der Waals surface area contributed by atoms with Crippen molar-refractivity contribution in [2.75, 3.05) is 13.1 Å². The molecule has 0 unspecified atom stereocenters. The number of Topliss-reactive ketones (excluding diaryl/α,β-unsaturated/α-hetero) is 1. The average molecular weight is 414 g/mol. The Labute approximate surface area is 145 Å². The predicted octanol–water partition coefficient (Wildman–Crippen LogP) is 3.25. The fourth-order valence-corrected chi connectivity index (χ4v) is 3.16. The van der Waals surface area contributed by atoms with Gasteiger partial charge in [-0.2, -0.15) is 0 Å². The second-order valence-electron chi connectivity index (χ2n) is 6.28. The summed E-state index contributed by atoms with van der Waals surface area (Å²) in [5, 5.41) is 3.10. The van der Waals surface area contributed by atoms with Crippen LogP contribution in [0.1, 0.15) is 54.3 Å². The molecule has 0 bridgehead atoms. The molecular weight excluding hydrogens is 391 g/mol. The van der Waals surface area contributed by atoms with Crippen LogP contribution in [0.5, 0.6) is 0 Å². The van der Waals surface area contributed by atoms with Gasteiger partial charge in [0, 0.05) is 30.3 Å². The molecule has 22 heavy (non-hydrogen) atoms. The minimum atomic E-state index is -0.0534. The minimum absolute atomic E-state index is 0.0146. The zero-order valence-corrected chi connectivity index (χ0v) is 15.5. The molecule has 0 radical (unpaired) electrons. The first kappa shape index (κ1) is 17.4. The quantitative estimate of drug-likeness (QED) is 0.356. The third kappa shape index (κ3) is 4.52. The van der Waals surface area contributed by atoms with Crippen molar-refractivity contribution in [1.82, 2.24) is 10.2 Å². The van der Waals surface area contributed by atoms with Crippen molar-refractivity contribution in [3.63, 3.8) is 0 Å². The average Bonchev–Trinajstić information content (AvgIpc) is 2.47. The third-order valence-corrected chi connectivity index (χ3v) is 4.82. The first-order chi connectivity index (χ1) is 10.3. The number of alkyl halides is 1. The van der Waals surface area contributed by atoms with Gasteiger partial charge in [0.2, 0.25) is 0 Å². The summed E-state index contributed by atoms with van der Waals surface area (Å²) in [4.78, 5) is 26.0. The van der Waals surface area contributed by atoms with E-state index in [-0.39, 0.29) is 21.3 Å². The number of hydrogen-bond acceptors (Lipinski definition) is 3. The Morgan fingerprint density at radius 1 is 1.14 bits per heavy atom. The summed E-state index contributed by atoms with van der Waals surface area (Å²) in [5.41, 5.74) is 1.25. The summed E-state index contributed by atoms with van der Waals surface area (Å²) in [6.07, 6.45) is 1.95. The summed E-state index contributed by atoms with van der Waals surface area (Å²) in [5.74, 6) is -0.0389. The zero-order chi connectivity index (χ0) is 16.3. The number of nitrogens with one attached hydrogen (secondary N) is 1. The number of likely N-dealkylation sites (tertiary alicyclic amines) is 1. The van der Waals surface area contributed by atoms with Gasteiger partial charge in [-0.25, -0.2) is 0 Å². The van der Waals surface area contributed by atoms with Crippen molar-refractivity contribution in [2.24, 2.45) is 0 Å². The predicted molar refractivity (Wildman–Crippen MR) is 96.6 cm³/mol. The zero-order valence-electron chi connectivity index (χ0n) is 13.4. The molecule has 0 aromatic heterocycles. The van der Waals surface area contributed by atoms with E-state index in [1.807, 2.05) is 0 Å². The standard InChI is InChI=1S/C17H23IN2O2/c1-12(21)13-4-6-14(7-5-13)16(22)19-15-8-10-20(11-9-15)17(2,3)18/h4-7,15H,8-11H2,1-3H3,(H,19,22). The summed E-state index contributed by atoms with van der Waals surface area (Å²) >= 11 is 2.46. The van der Waals surface area contributed by atoms with Gasteiger partial charge >= 0.3 is 0 Å². The maximum Gasteiger partial charge on any atom is 0.251 e. The van der Waals surface area contributed by atoms with E-state index < -0.39 is 0 Å². The van der Waals surface area contributed by atoms with E-state index in [0.717, 1.165) is 25.9 Å². The number of piperidine rings is 1. The first-order valence-corrected chi connectivity index (χ1v) is 8.71. The molecule has 1 saturated heterocycles. The van der Waals surface area contributed by atoms with Crippen molar-refractivity contribution in [1.29, 1.82) is 0 Å². The molecule has 0 saturated carbocycles. The lowest BCUT2D eigenvalue weighted by molar-refractivity contribution is 0.0895. The van der Waals surface area contributed by atoms with Gasteiger partial charge in [-0.3, -0.25) is 14.5 Å². The van der Waals surface area contributed by atoms with Gasteiger partial charge in [0.05, 0.1) is 3.55 Å². The van der Waals surface area contributed by atoms with Crippen molar-refractivity contribution in [3.8, 4) is 0 Å². The van der Waals surface area contributed by atoms with Crippen LogP contribution in [0.2, 0.25) is 0 Å². The normalized spacial score (nSPS) is 17.3. The van der Waals surface area contributed by atoms with E-state index in [2.05, 4.69) is 46.7 Å². The van der Waals surface area contributed by atoms with E-state index in [9.17, 15) is 9.59 Å². The van der Waals surface area contributed by atoms with Crippen LogP contribution in [0.15, 0.2) is 24.3 Å². The lowest BCUT2D eigenvalue weighted by atomic mass is 10.0. The van der Waals surface area contributed by atoms with E-state index in [1.165, 1.54) is 6.92 Å². The SMILES string of the molecule is CC(=O)c1ccc(C(=O)NC2CCN(C(C)(C)I)CC2)cc1. The number of rotatable bonds is 4. The maximum absolute atomic E-state index is 12.3. The van der Waals surface area contributed by atoms with Gasteiger partial charge in [-0.15, -0.1) is 0 Å². The Morgan fingerprint density at radius 3 is 2.09 bits per heavy atom. The number of amides is 1. The van der Waals surface area contributed by atoms with Crippen LogP contribution in [0.3, 0.4) is 0 Å². The van der Waals surface area contributed by atoms with Crippen LogP contribution >= 0.6 is 22.6 Å². The maximum atomic E-state index is 12.3. The van der Waals surface area contributed by atoms with Gasteiger partial charge < -0.3 is 5.32 Å². The van der Waals surface area contributed by atoms with E-state index >= 15 is 0 Å². The highest BCUT2D eigenvalue weighted by molar-refractivity contribution is 14.1. The summed E-state index contributed by atoms with van der Waals surface area (Å²) in [7, 11) is 0. The molecule has 1 amide bonds. The highest BCUT2D eigenvalue weighted by atomic mass is 127. The molecule has 0 atom stereocenters. The number of carbonyl (C=O) groups is 2. The van der Waals surface area contributed by atoms with E-state index in [4.69, 9.17) is 0 Å². The first-order valence-electron chi connectivity index (χ1n) is 7.63. The Bertz CT molecular complexity index is 541. The fourth-order valence-electron chi connectivity index (χ4n) is 2.68. The Hall–Kier alpha value is -0.950. The van der Waals surface area contributed by atoms with Crippen molar-refractivity contribution in [2.45, 2.75) is 43.2 Å². The van der Waals surface area contributed by atoms with Crippen LogP contribution in [-0.4, -0.2) is 39.3 Å². The molecular formula is C17H23IN2O2. The van der Waals surface area contributed by atoms with Crippen molar-refractivity contribution in [3.05, 3.63) is 35.4 Å². The van der Waals surface area contributed by atoms with Gasteiger partial charge in [0.25, 0.3) is 5.91 Å². The number of hydrogen-bond donors (Lipinski definition) is 1. The molecule has 120 valence electrons. The van der Waals surface area contributed by atoms with Crippen LogP contribution in [-0.2, 0) is 0 Å². The molecule has 2 rings (SSSR count). The minimum Gasteiger partial charge on any atom is -0.349 e. The van der Waals surface area contributed by atoms with Crippen LogP contribution in [0.4, 0.5) is 0 Å². The summed E-state index contributed by atoms with van der Waals surface area (Å²) in [6, 6.07) is 7.08. The Morgan fingerprint density at radius 2 is 1.64 bits per heavy atom. The summed E-state index contributed by atoms with van der Waals surface area (Å²) < 4.78 is 0.162. The lowest BCUT2D eigenvalue weighted by Gasteiger charge is -2.39. The van der Waals surface area contributed by atoms with Gasteiger partial charge in [0.1, 0.15) is 0 Å². The lowest BCUT2D eigenvalue weighted by Crippen LogP contribution is -2.49. The summed E-state index contributed by atoms with van der Waals surface area (Å²) in [6.45, 7) is 7.96. The number of ketones is 1. The second-order valence-corrected chi connectivity index (χ2v) is 8.92. The molecule has 4 nitrogen and oxygen atoms in total. The van der Waals surface area contributed by atoms with Crippen LogP contribution in [0.25, 0.3) is 0 Å². The molecule has 1 N–H and O–H groups in total. The highest BCUT2D eigenvalue weighted by Crippen LogP contribution is 2.26. The van der Waals surface area contributed by atoms with Gasteiger partial charge in [-0.1, -0.05) is 34.7 Å². The molecule has 1 fully saturated rings. The largest absolute Gasteiger partial charge is 0.349 e. The molecule has 1 aliphatic heterocycles. The van der Waals surface area contributed by atoms with Crippen LogP contribution < -0.4 is 5.32 Å². The smallest absolute Gasteiger partial charge is 0.251 e. The van der Waals surface area contributed by atoms with Gasteiger partial charge in [-0.05, 0) is 45.7 Å². The topological polar surface area (TPSA) is 49.4 Å². The monoisotopic (exact) mass is 414 g/mol. The van der Waals surface area contributed by atoms with Crippen LogP contribution in [0, 0.1) is 0 Å². The number of halogens is 1. The molecule has 0 spiro atoms. The second kappa shape index (κ2) is 7.08. The molecule has 5 heteroatoms. The molecule has 1 aliphatic rings. The molecule has 0 aliphatic carbocycles. The third-order valence-electron chi connectivity index (χ3n) is 4.14. The Balaban J connectivity index is 1.89. The van der Waals surface area contributed by atoms with Crippen molar-refractivity contribution < 1.29 is 9.59 Å². The molecule has 1 aromatic rings. The highest BCUT2D eigenvalue weighted by Gasteiger charge is 2.28. The number of nitrogens with zero attached hydrogens (tertiary/aromatic N) is 1. The Kier molecular flexibility index (Phi) is 5.60. The number of carbonyl (C=O) groups excluding carboxylic acids is 2. The van der Waals surface area contributed by atoms with Crippen molar-refractivity contribution >= 4 is 34.3 Å². The number of benzene rings is 1. The molecule has 1 aromatic carbocycles.